The first-order valence-electron chi connectivity index (χ1n) is 12.7. The number of nitrogens with zero attached hydrogens (tertiary/aromatic N) is 4. The summed E-state index contributed by atoms with van der Waals surface area (Å²) in [7, 11) is 0. The van der Waals surface area contributed by atoms with Crippen molar-refractivity contribution in [1.29, 1.82) is 0 Å². The van der Waals surface area contributed by atoms with Crippen LogP contribution in [0.4, 0.5) is 0 Å². The number of rotatable bonds is 3. The van der Waals surface area contributed by atoms with Crippen molar-refractivity contribution in [3.8, 4) is 28.7 Å². The zero-order valence-electron chi connectivity index (χ0n) is 20.5. The van der Waals surface area contributed by atoms with Crippen molar-refractivity contribution >= 4 is 59.7 Å². The van der Waals surface area contributed by atoms with Crippen LogP contribution >= 0.6 is 15.9 Å². The molecule has 8 rings (SSSR count). The van der Waals surface area contributed by atoms with Gasteiger partial charge < -0.3 is 4.42 Å². The molecule has 0 radical (unpaired) electrons. The maximum Gasteiger partial charge on any atom is 0.238 e. The highest BCUT2D eigenvalue weighted by atomic mass is 79.9. The van der Waals surface area contributed by atoms with Gasteiger partial charge in [0.05, 0.1) is 11.0 Å². The second-order valence-electron chi connectivity index (χ2n) is 9.47. The predicted octanol–water partition coefficient (Wildman–Crippen LogP) is 8.96. The molecule has 5 aromatic carbocycles. The number of halogens is 1. The number of hydrogen-bond donors (Lipinski definition) is 0. The number of furan rings is 1. The number of para-hydroxylation sites is 2. The Hall–Kier alpha value is -4.81. The molecule has 8 aromatic rings. The van der Waals surface area contributed by atoms with Crippen LogP contribution in [0.3, 0.4) is 0 Å². The molecule has 0 amide bonds. The van der Waals surface area contributed by atoms with Gasteiger partial charge in [-0.3, -0.25) is 4.57 Å². The lowest BCUT2D eigenvalue weighted by Crippen LogP contribution is -2.06. The third-order valence-electron chi connectivity index (χ3n) is 7.13. The number of hydrogen-bond acceptors (Lipinski definition) is 4. The van der Waals surface area contributed by atoms with Gasteiger partial charge in [0.1, 0.15) is 11.2 Å². The van der Waals surface area contributed by atoms with Crippen LogP contribution in [-0.4, -0.2) is 19.5 Å². The Labute approximate surface area is 231 Å². The van der Waals surface area contributed by atoms with E-state index in [0.29, 0.717) is 17.6 Å². The highest BCUT2D eigenvalue weighted by Gasteiger charge is 2.18. The van der Waals surface area contributed by atoms with E-state index in [-0.39, 0.29) is 0 Å². The zero-order valence-corrected chi connectivity index (χ0v) is 22.1. The van der Waals surface area contributed by atoms with Gasteiger partial charge >= 0.3 is 0 Å². The minimum Gasteiger partial charge on any atom is -0.456 e. The summed E-state index contributed by atoms with van der Waals surface area (Å²) in [6.07, 6.45) is 0. The minimum absolute atomic E-state index is 0.574. The van der Waals surface area contributed by atoms with Crippen LogP contribution in [0.15, 0.2) is 124 Å². The Kier molecular flexibility index (Phi) is 4.90. The summed E-state index contributed by atoms with van der Waals surface area (Å²) in [5.74, 6) is 1.80. The maximum absolute atomic E-state index is 6.06. The molecule has 0 aliphatic carbocycles. The monoisotopic (exact) mass is 566 g/mol. The van der Waals surface area contributed by atoms with Crippen LogP contribution in [0, 0.1) is 0 Å². The molecule has 5 nitrogen and oxygen atoms in total. The van der Waals surface area contributed by atoms with Gasteiger partial charge in [-0.05, 0) is 48.5 Å². The highest BCUT2D eigenvalue weighted by molar-refractivity contribution is 9.10. The molecule has 0 aliphatic heterocycles. The van der Waals surface area contributed by atoms with Crippen LogP contribution in [-0.2, 0) is 0 Å². The quantitative estimate of drug-likeness (QED) is 0.214. The first-order valence-corrected chi connectivity index (χ1v) is 13.4. The molecule has 0 saturated heterocycles. The van der Waals surface area contributed by atoms with Crippen molar-refractivity contribution in [3.63, 3.8) is 0 Å². The van der Waals surface area contributed by atoms with Crippen LogP contribution < -0.4 is 0 Å². The first-order chi connectivity index (χ1) is 19.2. The lowest BCUT2D eigenvalue weighted by Gasteiger charge is -2.11. The molecular weight excluding hydrogens is 548 g/mol. The summed E-state index contributed by atoms with van der Waals surface area (Å²) in [5, 5.41) is 4.38. The molecule has 6 heteroatoms. The normalized spacial score (nSPS) is 11.7. The molecule has 0 spiro atoms. The molecule has 0 unspecified atom stereocenters. The Balaban J connectivity index is 1.43. The fraction of sp³-hybridized carbons (Fsp3) is 0. The molecule has 0 aliphatic rings. The minimum atomic E-state index is 0.574. The van der Waals surface area contributed by atoms with Crippen LogP contribution in [0.25, 0.3) is 72.5 Å². The second-order valence-corrected chi connectivity index (χ2v) is 10.4. The summed E-state index contributed by atoms with van der Waals surface area (Å²) in [4.78, 5) is 15.0. The Morgan fingerprint density at radius 3 is 2.08 bits per heavy atom. The maximum atomic E-state index is 6.06. The Morgan fingerprint density at radius 2 is 1.21 bits per heavy atom. The standard InChI is InChI=1S/C33H19BrN4O/c34-22-15-16-28-25(19-22)23-10-4-6-12-27(23)38(28)33-36-31(20-8-2-1-3-9-20)35-32(37-33)21-14-17-30-26(18-21)24-11-5-7-13-29(24)39-30/h1-19H. The van der Waals surface area contributed by atoms with Gasteiger partial charge in [0.15, 0.2) is 11.6 Å². The molecule has 184 valence electrons. The molecular formula is C33H19BrN4O. The Morgan fingerprint density at radius 1 is 0.513 bits per heavy atom. The van der Waals surface area contributed by atoms with Crippen LogP contribution in [0.1, 0.15) is 0 Å². The zero-order chi connectivity index (χ0) is 25.9. The van der Waals surface area contributed by atoms with Gasteiger partial charge in [-0.1, -0.05) is 82.7 Å². The van der Waals surface area contributed by atoms with Gasteiger partial charge in [-0.15, -0.1) is 0 Å². The van der Waals surface area contributed by atoms with E-state index >= 15 is 0 Å². The third kappa shape index (κ3) is 3.56. The second kappa shape index (κ2) is 8.61. The van der Waals surface area contributed by atoms with E-state index in [0.717, 1.165) is 59.3 Å². The van der Waals surface area contributed by atoms with Crippen molar-refractivity contribution in [3.05, 3.63) is 120 Å². The average molecular weight is 567 g/mol. The summed E-state index contributed by atoms with van der Waals surface area (Å²) in [6.45, 7) is 0. The van der Waals surface area contributed by atoms with Crippen molar-refractivity contribution in [2.75, 3.05) is 0 Å². The van der Waals surface area contributed by atoms with E-state index in [4.69, 9.17) is 19.4 Å². The molecule has 0 N–H and O–H groups in total. The lowest BCUT2D eigenvalue weighted by molar-refractivity contribution is 0.669. The third-order valence-corrected chi connectivity index (χ3v) is 7.62. The van der Waals surface area contributed by atoms with E-state index in [1.54, 1.807) is 0 Å². The molecule has 0 bridgehead atoms. The van der Waals surface area contributed by atoms with E-state index in [9.17, 15) is 0 Å². The number of aromatic nitrogens is 4. The summed E-state index contributed by atoms with van der Waals surface area (Å²) in [5.41, 5.74) is 5.61. The number of benzene rings is 5. The van der Waals surface area contributed by atoms with Crippen LogP contribution in [0.2, 0.25) is 0 Å². The van der Waals surface area contributed by atoms with Gasteiger partial charge in [0.2, 0.25) is 5.95 Å². The van der Waals surface area contributed by atoms with E-state index in [1.807, 2.05) is 66.7 Å². The average Bonchev–Trinajstić information content (AvgIpc) is 3.52. The van der Waals surface area contributed by atoms with Gasteiger partial charge in [0, 0.05) is 37.1 Å². The lowest BCUT2D eigenvalue weighted by atomic mass is 10.1. The van der Waals surface area contributed by atoms with Gasteiger partial charge in [0.25, 0.3) is 0 Å². The van der Waals surface area contributed by atoms with E-state index < -0.39 is 0 Å². The smallest absolute Gasteiger partial charge is 0.238 e. The fourth-order valence-electron chi connectivity index (χ4n) is 5.34. The Bertz CT molecular complexity index is 2200. The summed E-state index contributed by atoms with van der Waals surface area (Å²) >= 11 is 3.64. The van der Waals surface area contributed by atoms with Crippen molar-refractivity contribution < 1.29 is 4.42 Å². The first kappa shape index (κ1) is 22.2. The van der Waals surface area contributed by atoms with Crippen molar-refractivity contribution in [2.24, 2.45) is 0 Å². The topological polar surface area (TPSA) is 56.7 Å². The number of fused-ring (bicyclic) bond motifs is 6. The van der Waals surface area contributed by atoms with E-state index in [2.05, 4.69) is 69.0 Å². The van der Waals surface area contributed by atoms with Gasteiger partial charge in [-0.2, -0.15) is 9.97 Å². The SMILES string of the molecule is Brc1ccc2c(c1)c1ccccc1n2-c1nc(-c2ccccc2)nc(-c2ccc3oc4ccccc4c3c2)n1. The van der Waals surface area contributed by atoms with Gasteiger partial charge in [-0.25, -0.2) is 4.98 Å². The molecule has 0 atom stereocenters. The highest BCUT2D eigenvalue weighted by Crippen LogP contribution is 2.35. The molecule has 0 fully saturated rings. The van der Waals surface area contributed by atoms with Crippen molar-refractivity contribution in [1.82, 2.24) is 19.5 Å². The molecule has 39 heavy (non-hydrogen) atoms. The van der Waals surface area contributed by atoms with Crippen molar-refractivity contribution in [2.45, 2.75) is 0 Å². The molecule has 0 saturated carbocycles. The summed E-state index contributed by atoms with van der Waals surface area (Å²) < 4.78 is 9.22. The molecule has 3 aromatic heterocycles. The fourth-order valence-corrected chi connectivity index (χ4v) is 5.70. The predicted molar refractivity (Wildman–Crippen MR) is 160 cm³/mol. The molecule has 3 heterocycles. The summed E-state index contributed by atoms with van der Waals surface area (Å²) in [6, 6.07) is 38.9. The van der Waals surface area contributed by atoms with E-state index in [1.165, 1.54) is 0 Å². The van der Waals surface area contributed by atoms with Crippen LogP contribution in [0.5, 0.6) is 0 Å². The largest absolute Gasteiger partial charge is 0.456 e.